The molecule has 0 atom stereocenters. The summed E-state index contributed by atoms with van der Waals surface area (Å²) in [6.45, 7) is 8.38. The average molecular weight is 275 g/mol. The zero-order chi connectivity index (χ0) is 14.1. The van der Waals surface area contributed by atoms with Crippen LogP contribution in [0.5, 0.6) is 0 Å². The Labute approximate surface area is 110 Å². The Hall–Kier alpha value is -1.36. The maximum Gasteiger partial charge on any atom is 0.412 e. The predicted molar refractivity (Wildman–Crippen MR) is 68.5 cm³/mol. The molecule has 0 aliphatic carbocycles. The molecule has 1 aromatic heterocycles. The fraction of sp³-hybridized carbons (Fsp3) is 0.500. The van der Waals surface area contributed by atoms with Crippen molar-refractivity contribution in [2.45, 2.75) is 40.2 Å². The molecule has 18 heavy (non-hydrogen) atoms. The normalized spacial score (nSPS) is 11.3. The quantitative estimate of drug-likeness (QED) is 0.792. The minimum atomic E-state index is -0.655. The Morgan fingerprint density at radius 3 is 2.44 bits per heavy atom. The van der Waals surface area contributed by atoms with Gasteiger partial charge in [-0.05, 0) is 34.6 Å². The molecular formula is C12H16ClFN2O2. The van der Waals surface area contributed by atoms with Crippen LogP contribution in [0, 0.1) is 19.7 Å². The van der Waals surface area contributed by atoms with Gasteiger partial charge in [-0.3, -0.25) is 5.32 Å². The lowest BCUT2D eigenvalue weighted by molar-refractivity contribution is 0.0635. The van der Waals surface area contributed by atoms with Gasteiger partial charge >= 0.3 is 6.09 Å². The second-order valence-corrected chi connectivity index (χ2v) is 5.29. The van der Waals surface area contributed by atoms with E-state index >= 15 is 0 Å². The molecule has 0 aromatic carbocycles. The summed E-state index contributed by atoms with van der Waals surface area (Å²) in [4.78, 5) is 15.4. The summed E-state index contributed by atoms with van der Waals surface area (Å²) < 4.78 is 18.7. The van der Waals surface area contributed by atoms with Crippen LogP contribution in [0.3, 0.4) is 0 Å². The lowest BCUT2D eigenvalue weighted by Crippen LogP contribution is -2.28. The average Bonchev–Trinajstić information content (AvgIpc) is 2.19. The number of hydrogen-bond acceptors (Lipinski definition) is 3. The third-order valence-electron chi connectivity index (χ3n) is 2.14. The first-order chi connectivity index (χ1) is 8.11. The molecule has 1 heterocycles. The highest BCUT2D eigenvalue weighted by Crippen LogP contribution is 2.26. The van der Waals surface area contributed by atoms with Crippen molar-refractivity contribution in [1.29, 1.82) is 0 Å². The maximum absolute atomic E-state index is 13.6. The van der Waals surface area contributed by atoms with E-state index < -0.39 is 17.5 Å². The van der Waals surface area contributed by atoms with Crippen LogP contribution in [0.15, 0.2) is 0 Å². The number of nitrogens with zero attached hydrogens (tertiary/aromatic N) is 1. The number of anilines is 1. The Morgan fingerprint density at radius 2 is 1.94 bits per heavy atom. The third-order valence-corrected chi connectivity index (χ3v) is 2.39. The fourth-order valence-electron chi connectivity index (χ4n) is 1.38. The van der Waals surface area contributed by atoms with Crippen LogP contribution in [0.1, 0.15) is 32.0 Å². The lowest BCUT2D eigenvalue weighted by atomic mass is 10.2. The summed E-state index contributed by atoms with van der Waals surface area (Å²) in [6.07, 6.45) is -0.655. The summed E-state index contributed by atoms with van der Waals surface area (Å²) in [5.74, 6) is -0.645. The van der Waals surface area contributed by atoms with Crippen molar-refractivity contribution < 1.29 is 13.9 Å². The van der Waals surface area contributed by atoms with Crippen LogP contribution in [-0.2, 0) is 4.74 Å². The molecule has 1 rings (SSSR count). The second-order valence-electron chi connectivity index (χ2n) is 4.93. The van der Waals surface area contributed by atoms with Crippen LogP contribution >= 0.6 is 11.6 Å². The molecule has 0 unspecified atom stereocenters. The minimum Gasteiger partial charge on any atom is -0.444 e. The summed E-state index contributed by atoms with van der Waals surface area (Å²) >= 11 is 5.60. The van der Waals surface area contributed by atoms with Gasteiger partial charge in [-0.1, -0.05) is 11.6 Å². The molecule has 6 heteroatoms. The van der Waals surface area contributed by atoms with Crippen molar-refractivity contribution in [2.24, 2.45) is 0 Å². The highest BCUT2D eigenvalue weighted by atomic mass is 35.5. The molecule has 0 bridgehead atoms. The molecule has 1 N–H and O–H groups in total. The van der Waals surface area contributed by atoms with Crippen LogP contribution < -0.4 is 5.32 Å². The van der Waals surface area contributed by atoms with Crippen molar-refractivity contribution in [1.82, 2.24) is 4.98 Å². The molecule has 100 valence electrons. The van der Waals surface area contributed by atoms with Gasteiger partial charge in [-0.15, -0.1) is 0 Å². The maximum atomic E-state index is 13.6. The van der Waals surface area contributed by atoms with E-state index in [0.29, 0.717) is 5.69 Å². The summed E-state index contributed by atoms with van der Waals surface area (Å²) in [7, 11) is 0. The highest BCUT2D eigenvalue weighted by molar-refractivity contribution is 6.29. The molecule has 1 aromatic rings. The van der Waals surface area contributed by atoms with Gasteiger partial charge in [0.05, 0.1) is 11.4 Å². The summed E-state index contributed by atoms with van der Waals surface area (Å²) in [5.41, 5.74) is 0.332. The highest BCUT2D eigenvalue weighted by Gasteiger charge is 2.20. The number of halogens is 2. The van der Waals surface area contributed by atoms with E-state index in [-0.39, 0.29) is 16.4 Å². The molecule has 0 radical (unpaired) electrons. The van der Waals surface area contributed by atoms with E-state index in [1.807, 2.05) is 0 Å². The first-order valence-electron chi connectivity index (χ1n) is 5.44. The van der Waals surface area contributed by atoms with Crippen LogP contribution in [0.25, 0.3) is 0 Å². The lowest BCUT2D eigenvalue weighted by Gasteiger charge is -2.20. The molecule has 0 spiro atoms. The number of carbonyl (C=O) groups is 1. The number of amides is 1. The molecular weight excluding hydrogens is 259 g/mol. The SMILES string of the molecule is Cc1nc(Cl)c(F)c(C)c1NC(=O)OC(C)(C)C. The second kappa shape index (κ2) is 5.10. The van der Waals surface area contributed by atoms with Crippen LogP contribution in [0.2, 0.25) is 5.15 Å². The Morgan fingerprint density at radius 1 is 1.39 bits per heavy atom. The number of ether oxygens (including phenoxy) is 1. The zero-order valence-corrected chi connectivity index (χ0v) is 11.8. The van der Waals surface area contributed by atoms with Gasteiger partial charge in [0, 0.05) is 5.56 Å². The van der Waals surface area contributed by atoms with Gasteiger partial charge in [-0.2, -0.15) is 0 Å². The first-order valence-corrected chi connectivity index (χ1v) is 5.82. The first kappa shape index (κ1) is 14.7. The smallest absolute Gasteiger partial charge is 0.412 e. The number of aromatic nitrogens is 1. The van der Waals surface area contributed by atoms with E-state index in [0.717, 1.165) is 0 Å². The monoisotopic (exact) mass is 274 g/mol. The Bertz CT molecular complexity index is 484. The molecule has 0 aliphatic heterocycles. The van der Waals surface area contributed by atoms with Gasteiger partial charge < -0.3 is 4.74 Å². The number of hydrogen-bond donors (Lipinski definition) is 1. The van der Waals surface area contributed by atoms with Gasteiger partial charge in [0.25, 0.3) is 0 Å². The zero-order valence-electron chi connectivity index (χ0n) is 11.0. The Balaban J connectivity index is 2.99. The number of rotatable bonds is 1. The van der Waals surface area contributed by atoms with E-state index in [1.165, 1.54) is 6.92 Å². The number of pyridine rings is 1. The van der Waals surface area contributed by atoms with E-state index in [2.05, 4.69) is 10.3 Å². The fourth-order valence-corrected chi connectivity index (χ4v) is 1.65. The predicted octanol–water partition coefficient (Wildman–Crippen LogP) is 3.84. The van der Waals surface area contributed by atoms with Crippen LogP contribution in [0.4, 0.5) is 14.9 Å². The van der Waals surface area contributed by atoms with Gasteiger partial charge in [-0.25, -0.2) is 14.2 Å². The van der Waals surface area contributed by atoms with Crippen molar-refractivity contribution in [3.05, 3.63) is 22.2 Å². The number of nitrogens with one attached hydrogen (secondary N) is 1. The van der Waals surface area contributed by atoms with Crippen molar-refractivity contribution >= 4 is 23.4 Å². The van der Waals surface area contributed by atoms with Gasteiger partial charge in [0.15, 0.2) is 11.0 Å². The van der Waals surface area contributed by atoms with Crippen molar-refractivity contribution in [3.63, 3.8) is 0 Å². The van der Waals surface area contributed by atoms with E-state index in [1.54, 1.807) is 27.7 Å². The standard InChI is InChI=1S/C12H16ClFN2O2/c1-6-8(14)10(13)15-7(2)9(6)16-11(17)18-12(3,4)5/h1-5H3,(H,16,17). The summed E-state index contributed by atoms with van der Waals surface area (Å²) in [5, 5.41) is 2.27. The Kier molecular flexibility index (Phi) is 4.16. The molecule has 0 fully saturated rings. The van der Waals surface area contributed by atoms with Gasteiger partial charge in [0.2, 0.25) is 0 Å². The van der Waals surface area contributed by atoms with E-state index in [4.69, 9.17) is 16.3 Å². The third kappa shape index (κ3) is 3.57. The summed E-state index contributed by atoms with van der Waals surface area (Å²) in [6, 6.07) is 0. The van der Waals surface area contributed by atoms with Gasteiger partial charge in [0.1, 0.15) is 5.60 Å². The van der Waals surface area contributed by atoms with Crippen molar-refractivity contribution in [2.75, 3.05) is 5.32 Å². The number of carbonyl (C=O) groups excluding carboxylic acids is 1. The molecule has 1 amide bonds. The molecule has 0 saturated heterocycles. The van der Waals surface area contributed by atoms with E-state index in [9.17, 15) is 9.18 Å². The molecule has 0 saturated carbocycles. The van der Waals surface area contributed by atoms with Crippen molar-refractivity contribution in [3.8, 4) is 0 Å². The molecule has 4 nitrogen and oxygen atoms in total. The molecule has 0 aliphatic rings. The number of aryl methyl sites for hydroxylation is 1. The largest absolute Gasteiger partial charge is 0.444 e. The topological polar surface area (TPSA) is 51.2 Å². The van der Waals surface area contributed by atoms with Crippen LogP contribution in [-0.4, -0.2) is 16.7 Å². The minimum absolute atomic E-state index is 0.209.